The van der Waals surface area contributed by atoms with Crippen molar-refractivity contribution in [2.24, 2.45) is 0 Å². The minimum Gasteiger partial charge on any atom is -0.355 e. The molecule has 2 aromatic heterocycles. The molecule has 0 unspecified atom stereocenters. The molecule has 1 aliphatic rings. The van der Waals surface area contributed by atoms with E-state index in [-0.39, 0.29) is 17.9 Å². The first-order chi connectivity index (χ1) is 12.5. The van der Waals surface area contributed by atoms with Gasteiger partial charge in [0.15, 0.2) is 0 Å². The maximum absolute atomic E-state index is 12.5. The van der Waals surface area contributed by atoms with Gasteiger partial charge >= 0.3 is 0 Å². The number of hydrogen-bond acceptors (Lipinski definition) is 4. The summed E-state index contributed by atoms with van der Waals surface area (Å²) in [5, 5.41) is 5.98. The summed E-state index contributed by atoms with van der Waals surface area (Å²) in [4.78, 5) is 30.8. The van der Waals surface area contributed by atoms with Crippen LogP contribution in [-0.2, 0) is 4.79 Å². The summed E-state index contributed by atoms with van der Waals surface area (Å²) in [5.74, 6) is -0.0557. The second kappa shape index (κ2) is 8.31. The molecule has 3 rings (SSSR count). The van der Waals surface area contributed by atoms with Crippen LogP contribution < -0.4 is 10.6 Å². The van der Waals surface area contributed by atoms with Crippen molar-refractivity contribution >= 4 is 17.5 Å². The van der Waals surface area contributed by atoms with Gasteiger partial charge in [0.05, 0.1) is 6.54 Å². The van der Waals surface area contributed by atoms with Gasteiger partial charge in [-0.25, -0.2) is 4.98 Å². The molecule has 26 heavy (non-hydrogen) atoms. The monoisotopic (exact) mass is 357 g/mol. The van der Waals surface area contributed by atoms with Gasteiger partial charge in [-0.15, -0.1) is 0 Å². The number of aryl methyl sites for hydroxylation is 1. The minimum absolute atomic E-state index is 0.0781. The minimum atomic E-state index is -0.134. The lowest BCUT2D eigenvalue weighted by molar-refractivity contribution is -0.122. The van der Waals surface area contributed by atoms with E-state index in [0.717, 1.165) is 50.1 Å². The quantitative estimate of drug-likeness (QED) is 0.818. The normalized spacial score (nSPS) is 15.9. The number of amides is 2. The molecule has 140 valence electrons. The summed E-state index contributed by atoms with van der Waals surface area (Å²) >= 11 is 0. The zero-order chi connectivity index (χ0) is 18.5. The molecule has 0 saturated carbocycles. The maximum Gasteiger partial charge on any atom is 0.271 e. The van der Waals surface area contributed by atoms with Gasteiger partial charge in [0.2, 0.25) is 5.91 Å². The molecule has 1 aliphatic heterocycles. The van der Waals surface area contributed by atoms with Crippen molar-refractivity contribution in [1.82, 2.24) is 24.9 Å². The summed E-state index contributed by atoms with van der Waals surface area (Å²) < 4.78 is 1.86. The molecule has 3 heterocycles. The standard InChI is InChI=1S/C19H27N5O2/c1-3-7-20-18(25)13-23-8-5-15(6-9-23)21-19(26)16-12-24-10-4-14(2)11-17(24)22-16/h4,10-12,15H,3,5-9,13H2,1-2H3,(H,20,25)(H,21,26). The number of piperidine rings is 1. The SMILES string of the molecule is CCCNC(=O)CN1CCC(NC(=O)c2cn3ccc(C)cc3n2)CC1. The Bertz CT molecular complexity index is 777. The highest BCUT2D eigenvalue weighted by Crippen LogP contribution is 2.12. The Morgan fingerprint density at radius 1 is 1.31 bits per heavy atom. The third kappa shape index (κ3) is 4.60. The van der Waals surface area contributed by atoms with Crippen LogP contribution in [0.15, 0.2) is 24.5 Å². The van der Waals surface area contributed by atoms with Gasteiger partial charge < -0.3 is 15.0 Å². The van der Waals surface area contributed by atoms with E-state index in [1.54, 1.807) is 6.20 Å². The Kier molecular flexibility index (Phi) is 5.88. The van der Waals surface area contributed by atoms with Crippen LogP contribution in [-0.4, -0.2) is 58.3 Å². The number of hydrogen-bond donors (Lipinski definition) is 2. The first-order valence-electron chi connectivity index (χ1n) is 9.30. The fourth-order valence-electron chi connectivity index (χ4n) is 3.21. The van der Waals surface area contributed by atoms with Crippen molar-refractivity contribution in [1.29, 1.82) is 0 Å². The molecular weight excluding hydrogens is 330 g/mol. The second-order valence-corrected chi connectivity index (χ2v) is 6.97. The highest BCUT2D eigenvalue weighted by atomic mass is 16.2. The lowest BCUT2D eigenvalue weighted by Gasteiger charge is -2.31. The molecule has 0 radical (unpaired) electrons. The molecular formula is C19H27N5O2. The zero-order valence-corrected chi connectivity index (χ0v) is 15.5. The van der Waals surface area contributed by atoms with Crippen LogP contribution in [0.1, 0.15) is 42.2 Å². The van der Waals surface area contributed by atoms with Gasteiger partial charge in [0, 0.05) is 38.1 Å². The Morgan fingerprint density at radius 3 is 2.81 bits per heavy atom. The Balaban J connectivity index is 1.49. The highest BCUT2D eigenvalue weighted by Gasteiger charge is 2.23. The van der Waals surface area contributed by atoms with E-state index in [4.69, 9.17) is 0 Å². The van der Waals surface area contributed by atoms with Crippen LogP contribution in [0.4, 0.5) is 0 Å². The average molecular weight is 357 g/mol. The molecule has 0 aromatic carbocycles. The predicted octanol–water partition coefficient (Wildman–Crippen LogP) is 1.36. The van der Waals surface area contributed by atoms with E-state index >= 15 is 0 Å². The predicted molar refractivity (Wildman–Crippen MR) is 100 cm³/mol. The fraction of sp³-hybridized carbons (Fsp3) is 0.526. The van der Waals surface area contributed by atoms with Gasteiger partial charge in [-0.05, 0) is 43.9 Å². The summed E-state index contributed by atoms with van der Waals surface area (Å²) in [6, 6.07) is 4.07. The van der Waals surface area contributed by atoms with E-state index in [1.165, 1.54) is 0 Å². The molecule has 7 nitrogen and oxygen atoms in total. The lowest BCUT2D eigenvalue weighted by atomic mass is 10.0. The van der Waals surface area contributed by atoms with Crippen molar-refractivity contribution in [3.8, 4) is 0 Å². The molecule has 0 bridgehead atoms. The van der Waals surface area contributed by atoms with E-state index in [0.29, 0.717) is 12.2 Å². The van der Waals surface area contributed by atoms with Gasteiger partial charge in [-0.2, -0.15) is 0 Å². The van der Waals surface area contributed by atoms with Crippen molar-refractivity contribution in [3.63, 3.8) is 0 Å². The van der Waals surface area contributed by atoms with Gasteiger partial charge in [-0.3, -0.25) is 14.5 Å². The zero-order valence-electron chi connectivity index (χ0n) is 15.5. The Labute approximate surface area is 153 Å². The van der Waals surface area contributed by atoms with E-state index < -0.39 is 0 Å². The van der Waals surface area contributed by atoms with Crippen molar-refractivity contribution in [3.05, 3.63) is 35.8 Å². The largest absolute Gasteiger partial charge is 0.355 e. The van der Waals surface area contributed by atoms with Crippen LogP contribution in [0.25, 0.3) is 5.65 Å². The molecule has 0 atom stereocenters. The number of imidazole rings is 1. The van der Waals surface area contributed by atoms with Crippen LogP contribution in [0.3, 0.4) is 0 Å². The third-order valence-corrected chi connectivity index (χ3v) is 4.71. The number of carbonyl (C=O) groups is 2. The number of nitrogens with one attached hydrogen (secondary N) is 2. The summed E-state index contributed by atoms with van der Waals surface area (Å²) in [7, 11) is 0. The van der Waals surface area contributed by atoms with E-state index in [9.17, 15) is 9.59 Å². The average Bonchev–Trinajstić information content (AvgIpc) is 3.05. The first-order valence-corrected chi connectivity index (χ1v) is 9.30. The van der Waals surface area contributed by atoms with Crippen LogP contribution in [0, 0.1) is 6.92 Å². The lowest BCUT2D eigenvalue weighted by Crippen LogP contribution is -2.47. The number of fused-ring (bicyclic) bond motifs is 1. The van der Waals surface area contributed by atoms with Crippen LogP contribution in [0.2, 0.25) is 0 Å². The number of rotatable bonds is 6. The molecule has 0 aliphatic carbocycles. The molecule has 2 aromatic rings. The number of pyridine rings is 1. The van der Waals surface area contributed by atoms with Gasteiger partial charge in [0.1, 0.15) is 11.3 Å². The first kappa shape index (κ1) is 18.4. The summed E-state index contributed by atoms with van der Waals surface area (Å²) in [6.07, 6.45) is 6.31. The van der Waals surface area contributed by atoms with E-state index in [1.807, 2.05) is 36.6 Å². The fourth-order valence-corrected chi connectivity index (χ4v) is 3.21. The summed E-state index contributed by atoms with van der Waals surface area (Å²) in [5.41, 5.74) is 2.34. The summed E-state index contributed by atoms with van der Waals surface area (Å²) in [6.45, 7) is 6.84. The van der Waals surface area contributed by atoms with Gasteiger partial charge in [0.25, 0.3) is 5.91 Å². The molecule has 0 spiro atoms. The smallest absolute Gasteiger partial charge is 0.271 e. The number of likely N-dealkylation sites (tertiary alicyclic amines) is 1. The maximum atomic E-state index is 12.5. The van der Waals surface area contributed by atoms with Crippen molar-refractivity contribution in [2.45, 2.75) is 39.2 Å². The topological polar surface area (TPSA) is 78.7 Å². The highest BCUT2D eigenvalue weighted by molar-refractivity contribution is 5.93. The molecule has 2 amide bonds. The van der Waals surface area contributed by atoms with E-state index in [2.05, 4.69) is 20.5 Å². The molecule has 2 N–H and O–H groups in total. The number of aromatic nitrogens is 2. The second-order valence-electron chi connectivity index (χ2n) is 6.97. The Hall–Kier alpha value is -2.41. The third-order valence-electron chi connectivity index (χ3n) is 4.71. The van der Waals surface area contributed by atoms with Gasteiger partial charge in [-0.1, -0.05) is 6.92 Å². The van der Waals surface area contributed by atoms with Crippen molar-refractivity contribution in [2.75, 3.05) is 26.2 Å². The molecule has 1 fully saturated rings. The number of carbonyl (C=O) groups excluding carboxylic acids is 2. The van der Waals surface area contributed by atoms with Crippen LogP contribution >= 0.6 is 0 Å². The van der Waals surface area contributed by atoms with Crippen LogP contribution in [0.5, 0.6) is 0 Å². The molecule has 7 heteroatoms. The Morgan fingerprint density at radius 2 is 2.08 bits per heavy atom. The molecule has 1 saturated heterocycles. The number of nitrogens with zero attached hydrogens (tertiary/aromatic N) is 3. The van der Waals surface area contributed by atoms with Crippen molar-refractivity contribution < 1.29 is 9.59 Å².